The lowest BCUT2D eigenvalue weighted by Gasteiger charge is -2.30. The molecule has 1 fully saturated rings. The molecule has 0 unspecified atom stereocenters. The lowest BCUT2D eigenvalue weighted by Crippen LogP contribution is -2.36. The van der Waals surface area contributed by atoms with Crippen molar-refractivity contribution in [3.8, 4) is 0 Å². The number of hydrogen-bond acceptors (Lipinski definition) is 3. The molecule has 2 heterocycles. The molecule has 1 aliphatic heterocycles. The highest BCUT2D eigenvalue weighted by Gasteiger charge is 2.21. The van der Waals surface area contributed by atoms with E-state index in [1.54, 1.807) is 0 Å². The summed E-state index contributed by atoms with van der Waals surface area (Å²) in [5.74, 6) is 0. The van der Waals surface area contributed by atoms with E-state index in [2.05, 4.69) is 16.9 Å². The van der Waals surface area contributed by atoms with E-state index in [1.807, 2.05) is 35.8 Å². The van der Waals surface area contributed by atoms with Gasteiger partial charge in [-0.05, 0) is 46.0 Å². The first-order valence-corrected chi connectivity index (χ1v) is 6.83. The molecule has 0 N–H and O–H groups in total. The van der Waals surface area contributed by atoms with Gasteiger partial charge < -0.3 is 4.90 Å². The lowest BCUT2D eigenvalue weighted by molar-refractivity contribution is 0.220. The molecule has 0 amide bonds. The zero-order valence-corrected chi connectivity index (χ0v) is 11.5. The van der Waals surface area contributed by atoms with Crippen LogP contribution in [-0.2, 0) is 0 Å². The summed E-state index contributed by atoms with van der Waals surface area (Å²) < 4.78 is 1.90. The number of benzene rings is 1. The van der Waals surface area contributed by atoms with Gasteiger partial charge in [0.15, 0.2) is 0 Å². The van der Waals surface area contributed by atoms with E-state index in [0.717, 1.165) is 42.5 Å². The van der Waals surface area contributed by atoms with Crippen LogP contribution in [-0.4, -0.2) is 34.6 Å². The minimum atomic E-state index is -0.106. The van der Waals surface area contributed by atoms with Crippen molar-refractivity contribution in [2.75, 3.05) is 20.1 Å². The van der Waals surface area contributed by atoms with Gasteiger partial charge in [-0.1, -0.05) is 18.2 Å². The molecular weight excluding hydrogens is 238 g/mol. The van der Waals surface area contributed by atoms with Crippen molar-refractivity contribution in [3.63, 3.8) is 0 Å². The van der Waals surface area contributed by atoms with Crippen molar-refractivity contribution in [3.05, 3.63) is 40.4 Å². The van der Waals surface area contributed by atoms with Crippen molar-refractivity contribution >= 4 is 10.9 Å². The predicted octanol–water partition coefficient (Wildman–Crippen LogP) is 1.97. The van der Waals surface area contributed by atoms with Crippen molar-refractivity contribution in [2.24, 2.45) is 0 Å². The van der Waals surface area contributed by atoms with Gasteiger partial charge in [-0.15, -0.1) is 0 Å². The van der Waals surface area contributed by atoms with Gasteiger partial charge in [0.05, 0.1) is 11.2 Å². The van der Waals surface area contributed by atoms with E-state index in [9.17, 15) is 4.79 Å². The molecule has 0 spiro atoms. The highest BCUT2D eigenvalue weighted by molar-refractivity contribution is 5.81. The maximum Gasteiger partial charge on any atom is 0.348 e. The summed E-state index contributed by atoms with van der Waals surface area (Å²) in [4.78, 5) is 18.8. The van der Waals surface area contributed by atoms with E-state index in [4.69, 9.17) is 0 Å². The summed E-state index contributed by atoms with van der Waals surface area (Å²) in [6, 6.07) is 8.35. The lowest BCUT2D eigenvalue weighted by atomic mass is 10.0. The predicted molar refractivity (Wildman–Crippen MR) is 76.5 cm³/mol. The molecule has 1 aromatic heterocycles. The fourth-order valence-electron chi connectivity index (χ4n) is 2.96. The molecule has 100 valence electrons. The topological polar surface area (TPSA) is 38.1 Å². The smallest absolute Gasteiger partial charge is 0.306 e. The van der Waals surface area contributed by atoms with Crippen LogP contribution >= 0.6 is 0 Å². The van der Waals surface area contributed by atoms with Gasteiger partial charge in [0.2, 0.25) is 0 Å². The Kier molecular flexibility index (Phi) is 3.11. The van der Waals surface area contributed by atoms with Gasteiger partial charge in [-0.2, -0.15) is 4.98 Å². The molecule has 0 saturated carbocycles. The largest absolute Gasteiger partial charge is 0.348 e. The zero-order valence-electron chi connectivity index (χ0n) is 11.5. The van der Waals surface area contributed by atoms with E-state index in [0.29, 0.717) is 0 Å². The van der Waals surface area contributed by atoms with Crippen molar-refractivity contribution in [1.82, 2.24) is 14.5 Å². The first-order chi connectivity index (χ1) is 9.16. The highest BCUT2D eigenvalue weighted by Crippen LogP contribution is 2.24. The molecule has 2 aromatic rings. The van der Waals surface area contributed by atoms with E-state index in [-0.39, 0.29) is 11.7 Å². The van der Waals surface area contributed by atoms with E-state index < -0.39 is 0 Å². The quantitative estimate of drug-likeness (QED) is 0.784. The fraction of sp³-hybridized carbons (Fsp3) is 0.467. The van der Waals surface area contributed by atoms with Gasteiger partial charge in [-0.25, -0.2) is 4.79 Å². The Hall–Kier alpha value is -1.68. The number of aromatic nitrogens is 2. The van der Waals surface area contributed by atoms with Gasteiger partial charge in [-0.3, -0.25) is 4.57 Å². The van der Waals surface area contributed by atoms with Gasteiger partial charge >= 0.3 is 5.69 Å². The number of piperidine rings is 1. The molecule has 4 heteroatoms. The molecule has 3 rings (SSSR count). The van der Waals surface area contributed by atoms with Gasteiger partial charge in [0.25, 0.3) is 0 Å². The maximum absolute atomic E-state index is 12.3. The van der Waals surface area contributed by atoms with Gasteiger partial charge in [0.1, 0.15) is 0 Å². The van der Waals surface area contributed by atoms with Crippen LogP contribution in [0.5, 0.6) is 0 Å². The molecule has 1 aromatic carbocycles. The number of aryl methyl sites for hydroxylation is 1. The summed E-state index contributed by atoms with van der Waals surface area (Å²) in [5, 5.41) is 1.08. The van der Waals surface area contributed by atoms with Gasteiger partial charge in [0, 0.05) is 11.4 Å². The van der Waals surface area contributed by atoms with Crippen LogP contribution in [0, 0.1) is 6.92 Å². The monoisotopic (exact) mass is 257 g/mol. The minimum Gasteiger partial charge on any atom is -0.306 e. The third-order valence-corrected chi connectivity index (χ3v) is 4.08. The molecule has 1 saturated heterocycles. The number of likely N-dealkylation sites (tertiary alicyclic amines) is 1. The van der Waals surface area contributed by atoms with Crippen LogP contribution in [0.2, 0.25) is 0 Å². The average Bonchev–Trinajstić information content (AvgIpc) is 2.41. The molecule has 0 atom stereocenters. The Balaban J connectivity index is 2.15. The third kappa shape index (κ3) is 2.16. The van der Waals surface area contributed by atoms with Crippen LogP contribution in [0.25, 0.3) is 10.9 Å². The Morgan fingerprint density at radius 3 is 2.63 bits per heavy atom. The summed E-state index contributed by atoms with van der Waals surface area (Å²) in [6.45, 7) is 3.99. The van der Waals surface area contributed by atoms with E-state index in [1.165, 1.54) is 0 Å². The Labute approximate surface area is 112 Å². The first kappa shape index (κ1) is 12.4. The summed E-state index contributed by atoms with van der Waals surface area (Å²) in [7, 11) is 2.13. The molecule has 0 aliphatic carbocycles. The second-order valence-corrected chi connectivity index (χ2v) is 5.40. The number of fused-ring (bicyclic) bond motifs is 1. The zero-order chi connectivity index (χ0) is 13.4. The summed E-state index contributed by atoms with van der Waals surface area (Å²) in [5.41, 5.74) is 1.74. The molecule has 4 nitrogen and oxygen atoms in total. The normalized spacial score (nSPS) is 18.0. The minimum absolute atomic E-state index is 0.106. The highest BCUT2D eigenvalue weighted by atomic mass is 16.1. The van der Waals surface area contributed by atoms with Crippen LogP contribution in [0.4, 0.5) is 0 Å². The number of rotatable bonds is 1. The van der Waals surface area contributed by atoms with Crippen LogP contribution < -0.4 is 5.69 Å². The van der Waals surface area contributed by atoms with Crippen molar-refractivity contribution in [1.29, 1.82) is 0 Å². The molecule has 19 heavy (non-hydrogen) atoms. The number of hydrogen-bond donors (Lipinski definition) is 0. The molecular formula is C15H19N3O. The molecule has 1 aliphatic rings. The SMILES string of the molecule is Cc1nc(=O)n(C2CCN(C)CC2)c2ccccc12. The second kappa shape index (κ2) is 4.78. The Morgan fingerprint density at radius 1 is 1.21 bits per heavy atom. The number of para-hydroxylation sites is 1. The fourth-order valence-corrected chi connectivity index (χ4v) is 2.96. The van der Waals surface area contributed by atoms with Crippen LogP contribution in [0.1, 0.15) is 24.6 Å². The Morgan fingerprint density at radius 2 is 1.89 bits per heavy atom. The van der Waals surface area contributed by atoms with Crippen molar-refractivity contribution < 1.29 is 0 Å². The standard InChI is InChI=1S/C15H19N3O/c1-11-13-5-3-4-6-14(13)18(15(19)16-11)12-7-9-17(2)10-8-12/h3-6,12H,7-10H2,1-2H3. The molecule has 0 bridgehead atoms. The molecule has 0 radical (unpaired) electrons. The van der Waals surface area contributed by atoms with Crippen LogP contribution in [0.15, 0.2) is 29.1 Å². The maximum atomic E-state index is 12.3. The summed E-state index contributed by atoms with van der Waals surface area (Å²) >= 11 is 0. The first-order valence-electron chi connectivity index (χ1n) is 6.83. The summed E-state index contributed by atoms with van der Waals surface area (Å²) in [6.07, 6.45) is 2.04. The average molecular weight is 257 g/mol. The van der Waals surface area contributed by atoms with Crippen molar-refractivity contribution in [2.45, 2.75) is 25.8 Å². The van der Waals surface area contributed by atoms with Crippen LogP contribution in [0.3, 0.4) is 0 Å². The number of nitrogens with zero attached hydrogens (tertiary/aromatic N) is 3. The Bertz CT molecular complexity index is 654. The van der Waals surface area contributed by atoms with E-state index >= 15 is 0 Å². The second-order valence-electron chi connectivity index (χ2n) is 5.40. The third-order valence-electron chi connectivity index (χ3n) is 4.08.